The first kappa shape index (κ1) is 13.3. The first-order valence-corrected chi connectivity index (χ1v) is 7.91. The lowest BCUT2D eigenvalue weighted by Crippen LogP contribution is -2.44. The smallest absolute Gasteiger partial charge is 0.276 e. The Hall–Kier alpha value is -1.69. The van der Waals surface area contributed by atoms with Crippen LogP contribution in [0.15, 0.2) is 23.7 Å². The van der Waals surface area contributed by atoms with Crippen molar-refractivity contribution in [2.75, 3.05) is 6.54 Å². The van der Waals surface area contributed by atoms with Crippen LogP contribution in [0.5, 0.6) is 0 Å². The van der Waals surface area contributed by atoms with Gasteiger partial charge >= 0.3 is 0 Å². The normalized spacial score (nSPS) is 19.2. The molecule has 1 aliphatic heterocycles. The number of hydrogen-bond donors (Lipinski definition) is 1. The number of rotatable bonds is 4. The van der Waals surface area contributed by atoms with Crippen molar-refractivity contribution in [2.45, 2.75) is 38.1 Å². The zero-order chi connectivity index (χ0) is 13.8. The number of carbonyl (C=O) groups excluding carboxylic acids is 1. The predicted molar refractivity (Wildman–Crippen MR) is 77.7 cm³/mol. The van der Waals surface area contributed by atoms with Crippen LogP contribution in [-0.2, 0) is 6.42 Å². The highest BCUT2D eigenvalue weighted by atomic mass is 32.1. The minimum Gasteiger partial charge on any atom is -0.334 e. The Balaban J connectivity index is 1.66. The molecular formula is C14H18N4OS. The van der Waals surface area contributed by atoms with Crippen molar-refractivity contribution in [3.05, 3.63) is 34.3 Å². The molecule has 1 N–H and O–H groups in total. The van der Waals surface area contributed by atoms with Gasteiger partial charge in [-0.2, -0.15) is 15.4 Å². The van der Waals surface area contributed by atoms with Gasteiger partial charge in [0, 0.05) is 17.5 Å². The highest BCUT2D eigenvalue weighted by Gasteiger charge is 2.28. The number of hydrogen-bond acceptors (Lipinski definition) is 4. The molecule has 0 saturated carbocycles. The largest absolute Gasteiger partial charge is 0.334 e. The molecule has 0 spiro atoms. The molecule has 20 heavy (non-hydrogen) atoms. The SMILES string of the molecule is O=C(c1cn[nH]n1)N1CCCC[C@H]1CCc1cccs1. The van der Waals surface area contributed by atoms with E-state index in [0.29, 0.717) is 11.7 Å². The Kier molecular flexibility index (Phi) is 4.11. The lowest BCUT2D eigenvalue weighted by atomic mass is 9.97. The molecule has 0 aromatic carbocycles. The summed E-state index contributed by atoms with van der Waals surface area (Å²) < 4.78 is 0. The third-order valence-corrected chi connectivity index (χ3v) is 4.76. The summed E-state index contributed by atoms with van der Waals surface area (Å²) in [7, 11) is 0. The second-order valence-corrected chi connectivity index (χ2v) is 6.15. The number of nitrogens with zero attached hydrogens (tertiary/aromatic N) is 3. The summed E-state index contributed by atoms with van der Waals surface area (Å²) in [6.45, 7) is 0.834. The van der Waals surface area contributed by atoms with Gasteiger partial charge in [-0.05, 0) is 43.6 Å². The van der Waals surface area contributed by atoms with Gasteiger partial charge in [0.05, 0.1) is 6.20 Å². The monoisotopic (exact) mass is 290 g/mol. The molecule has 0 bridgehead atoms. The molecule has 1 saturated heterocycles. The summed E-state index contributed by atoms with van der Waals surface area (Å²) in [5.74, 6) is 0.00892. The second kappa shape index (κ2) is 6.17. The van der Waals surface area contributed by atoms with Crippen LogP contribution >= 0.6 is 11.3 Å². The fraction of sp³-hybridized carbons (Fsp3) is 0.500. The molecule has 1 amide bonds. The van der Waals surface area contributed by atoms with Gasteiger partial charge in [-0.3, -0.25) is 4.79 Å². The fourth-order valence-corrected chi connectivity index (χ4v) is 3.51. The number of thiophene rings is 1. The van der Waals surface area contributed by atoms with Crippen LogP contribution < -0.4 is 0 Å². The number of aromatic nitrogens is 3. The van der Waals surface area contributed by atoms with Gasteiger partial charge < -0.3 is 4.90 Å². The number of carbonyl (C=O) groups is 1. The third kappa shape index (κ3) is 2.90. The van der Waals surface area contributed by atoms with Gasteiger partial charge in [-0.1, -0.05) is 6.07 Å². The van der Waals surface area contributed by atoms with E-state index in [4.69, 9.17) is 0 Å². The van der Waals surface area contributed by atoms with Crippen molar-refractivity contribution in [2.24, 2.45) is 0 Å². The summed E-state index contributed by atoms with van der Waals surface area (Å²) in [6, 6.07) is 4.58. The van der Waals surface area contributed by atoms with Gasteiger partial charge in [0.1, 0.15) is 0 Å². The van der Waals surface area contributed by atoms with Crippen LogP contribution in [0.2, 0.25) is 0 Å². The standard InChI is InChI=1S/C14H18N4OS/c19-14(13-10-15-17-16-13)18-8-2-1-4-11(18)6-7-12-5-3-9-20-12/h3,5,9-11H,1-2,4,6-8H2,(H,15,16,17)/t11-/m0/s1. The average Bonchev–Trinajstić information content (AvgIpc) is 3.18. The van der Waals surface area contributed by atoms with Crippen LogP contribution in [0, 0.1) is 0 Å². The van der Waals surface area contributed by atoms with E-state index in [9.17, 15) is 4.79 Å². The van der Waals surface area contributed by atoms with E-state index in [0.717, 1.165) is 32.2 Å². The van der Waals surface area contributed by atoms with Crippen molar-refractivity contribution in [1.29, 1.82) is 0 Å². The molecule has 3 heterocycles. The minimum absolute atomic E-state index is 0.00892. The van der Waals surface area contributed by atoms with Crippen LogP contribution in [-0.4, -0.2) is 38.8 Å². The molecule has 0 unspecified atom stereocenters. The third-order valence-electron chi connectivity index (χ3n) is 3.83. The number of likely N-dealkylation sites (tertiary alicyclic amines) is 1. The molecule has 1 aliphatic rings. The van der Waals surface area contributed by atoms with E-state index in [1.54, 1.807) is 11.3 Å². The van der Waals surface area contributed by atoms with E-state index >= 15 is 0 Å². The molecular weight excluding hydrogens is 272 g/mol. The predicted octanol–water partition coefficient (Wildman–Crippen LogP) is 2.49. The molecule has 3 rings (SSSR count). The van der Waals surface area contributed by atoms with Gasteiger partial charge in [0.15, 0.2) is 5.69 Å². The first-order chi connectivity index (χ1) is 9.84. The van der Waals surface area contributed by atoms with Crippen molar-refractivity contribution in [3.8, 4) is 0 Å². The number of H-pyrrole nitrogens is 1. The maximum atomic E-state index is 12.4. The Morgan fingerprint density at radius 1 is 1.50 bits per heavy atom. The molecule has 1 fully saturated rings. The maximum absolute atomic E-state index is 12.4. The molecule has 1 atom stereocenters. The van der Waals surface area contributed by atoms with E-state index in [1.807, 2.05) is 4.90 Å². The molecule has 2 aromatic heterocycles. The first-order valence-electron chi connectivity index (χ1n) is 7.04. The maximum Gasteiger partial charge on any atom is 0.276 e. The topological polar surface area (TPSA) is 61.9 Å². The Morgan fingerprint density at radius 3 is 3.20 bits per heavy atom. The van der Waals surface area contributed by atoms with Crippen LogP contribution in [0.3, 0.4) is 0 Å². The van der Waals surface area contributed by atoms with E-state index in [-0.39, 0.29) is 5.91 Å². The molecule has 0 aliphatic carbocycles. The van der Waals surface area contributed by atoms with Gasteiger partial charge in [-0.25, -0.2) is 0 Å². The van der Waals surface area contributed by atoms with Crippen LogP contribution in [0.4, 0.5) is 0 Å². The Bertz CT molecular complexity index is 538. The quantitative estimate of drug-likeness (QED) is 0.941. The molecule has 5 nitrogen and oxygen atoms in total. The van der Waals surface area contributed by atoms with Gasteiger partial charge in [-0.15, -0.1) is 11.3 Å². The summed E-state index contributed by atoms with van der Waals surface area (Å²) in [6.07, 6.45) is 6.97. The average molecular weight is 290 g/mol. The van der Waals surface area contributed by atoms with E-state index in [2.05, 4.69) is 32.9 Å². The highest BCUT2D eigenvalue weighted by molar-refractivity contribution is 7.09. The zero-order valence-corrected chi connectivity index (χ0v) is 12.1. The number of aromatic amines is 1. The summed E-state index contributed by atoms with van der Waals surface area (Å²) in [5, 5.41) is 12.3. The Morgan fingerprint density at radius 2 is 2.45 bits per heavy atom. The lowest BCUT2D eigenvalue weighted by Gasteiger charge is -2.35. The van der Waals surface area contributed by atoms with Crippen LogP contribution in [0.25, 0.3) is 0 Å². The number of piperidine rings is 1. The van der Waals surface area contributed by atoms with E-state index < -0.39 is 0 Å². The minimum atomic E-state index is 0.00892. The summed E-state index contributed by atoms with van der Waals surface area (Å²) in [4.78, 5) is 15.8. The second-order valence-electron chi connectivity index (χ2n) is 5.12. The van der Waals surface area contributed by atoms with Crippen molar-refractivity contribution >= 4 is 17.2 Å². The summed E-state index contributed by atoms with van der Waals surface area (Å²) >= 11 is 1.79. The van der Waals surface area contributed by atoms with E-state index in [1.165, 1.54) is 17.5 Å². The molecule has 6 heteroatoms. The number of aryl methyl sites for hydroxylation is 1. The zero-order valence-electron chi connectivity index (χ0n) is 11.3. The summed E-state index contributed by atoms with van der Waals surface area (Å²) in [5.41, 5.74) is 0.424. The number of nitrogens with one attached hydrogen (secondary N) is 1. The molecule has 106 valence electrons. The number of amides is 1. The van der Waals surface area contributed by atoms with Crippen molar-refractivity contribution in [3.63, 3.8) is 0 Å². The molecule has 0 radical (unpaired) electrons. The van der Waals surface area contributed by atoms with Crippen molar-refractivity contribution in [1.82, 2.24) is 20.3 Å². The van der Waals surface area contributed by atoms with Crippen LogP contribution in [0.1, 0.15) is 41.0 Å². The fourth-order valence-electron chi connectivity index (χ4n) is 2.78. The van der Waals surface area contributed by atoms with Gasteiger partial charge in [0.25, 0.3) is 5.91 Å². The molecule has 2 aromatic rings. The Labute approximate surface area is 122 Å². The lowest BCUT2D eigenvalue weighted by molar-refractivity contribution is 0.0596. The van der Waals surface area contributed by atoms with Gasteiger partial charge in [0.2, 0.25) is 0 Å². The van der Waals surface area contributed by atoms with Crippen molar-refractivity contribution < 1.29 is 4.79 Å². The highest BCUT2D eigenvalue weighted by Crippen LogP contribution is 2.23.